The van der Waals surface area contributed by atoms with Crippen molar-refractivity contribution in [2.24, 2.45) is 11.7 Å². The smallest absolute Gasteiger partial charge is 0.225 e. The van der Waals surface area contributed by atoms with Crippen LogP contribution in [0, 0.1) is 5.92 Å². The fourth-order valence-electron chi connectivity index (χ4n) is 2.08. The van der Waals surface area contributed by atoms with Gasteiger partial charge < -0.3 is 15.8 Å². The molecule has 1 fully saturated rings. The van der Waals surface area contributed by atoms with Crippen LogP contribution in [-0.4, -0.2) is 31.2 Å². The molecular weight excluding hydrogens is 204 g/mol. The minimum Gasteiger partial charge on any atom is -0.381 e. The van der Waals surface area contributed by atoms with Gasteiger partial charge in [-0.25, -0.2) is 0 Å². The summed E-state index contributed by atoms with van der Waals surface area (Å²) < 4.78 is 5.33. The number of carbonyl (C=O) groups is 1. The van der Waals surface area contributed by atoms with Gasteiger partial charge in [0.2, 0.25) is 5.91 Å². The zero-order chi connectivity index (χ0) is 12.0. The second kappa shape index (κ2) is 6.21. The van der Waals surface area contributed by atoms with Gasteiger partial charge in [-0.2, -0.15) is 0 Å². The zero-order valence-electron chi connectivity index (χ0n) is 10.4. The van der Waals surface area contributed by atoms with Crippen LogP contribution in [0.4, 0.5) is 0 Å². The molecule has 1 atom stereocenters. The third kappa shape index (κ3) is 3.19. The summed E-state index contributed by atoms with van der Waals surface area (Å²) in [6.07, 6.45) is 3.66. The van der Waals surface area contributed by atoms with Crippen molar-refractivity contribution in [3.05, 3.63) is 0 Å². The van der Waals surface area contributed by atoms with Crippen LogP contribution in [0.1, 0.15) is 39.5 Å². The van der Waals surface area contributed by atoms with E-state index in [4.69, 9.17) is 10.5 Å². The van der Waals surface area contributed by atoms with Crippen LogP contribution in [0.25, 0.3) is 0 Å². The lowest BCUT2D eigenvalue weighted by atomic mass is 9.91. The molecule has 1 saturated heterocycles. The summed E-state index contributed by atoms with van der Waals surface area (Å²) in [5, 5.41) is 3.11. The second-order valence-corrected chi connectivity index (χ2v) is 4.59. The Bertz CT molecular complexity index is 213. The normalized spacial score (nSPS) is 21.8. The van der Waals surface area contributed by atoms with E-state index in [1.54, 1.807) is 0 Å². The van der Waals surface area contributed by atoms with Crippen LogP contribution in [0.15, 0.2) is 0 Å². The number of amides is 1. The molecule has 0 saturated carbocycles. The van der Waals surface area contributed by atoms with Crippen molar-refractivity contribution in [1.82, 2.24) is 5.32 Å². The van der Waals surface area contributed by atoms with E-state index in [0.717, 1.165) is 32.3 Å². The first-order valence-electron chi connectivity index (χ1n) is 6.27. The van der Waals surface area contributed by atoms with Gasteiger partial charge >= 0.3 is 0 Å². The minimum absolute atomic E-state index is 0.0118. The Morgan fingerprint density at radius 1 is 1.50 bits per heavy atom. The highest BCUT2D eigenvalue weighted by Crippen LogP contribution is 2.18. The van der Waals surface area contributed by atoms with E-state index in [0.29, 0.717) is 13.2 Å². The molecule has 1 rings (SSSR count). The molecule has 0 radical (unpaired) electrons. The molecule has 0 aromatic carbocycles. The SMILES string of the molecule is CCC(CC)(CN)NC(=O)C1CCCOC1. The summed E-state index contributed by atoms with van der Waals surface area (Å²) in [6.45, 7) is 5.97. The third-order valence-corrected chi connectivity index (χ3v) is 3.66. The molecule has 4 heteroatoms. The van der Waals surface area contributed by atoms with Gasteiger partial charge in [-0.05, 0) is 25.7 Å². The Morgan fingerprint density at radius 3 is 2.62 bits per heavy atom. The third-order valence-electron chi connectivity index (χ3n) is 3.66. The van der Waals surface area contributed by atoms with E-state index in [1.807, 2.05) is 0 Å². The van der Waals surface area contributed by atoms with Crippen LogP contribution in [0.3, 0.4) is 0 Å². The van der Waals surface area contributed by atoms with Gasteiger partial charge in [0.1, 0.15) is 0 Å². The number of rotatable bonds is 5. The number of hydrogen-bond acceptors (Lipinski definition) is 3. The highest BCUT2D eigenvalue weighted by molar-refractivity contribution is 5.79. The van der Waals surface area contributed by atoms with Crippen molar-refractivity contribution in [1.29, 1.82) is 0 Å². The van der Waals surface area contributed by atoms with Crippen molar-refractivity contribution in [2.45, 2.75) is 45.1 Å². The Balaban J connectivity index is 2.53. The van der Waals surface area contributed by atoms with E-state index in [9.17, 15) is 4.79 Å². The maximum absolute atomic E-state index is 12.0. The first-order chi connectivity index (χ1) is 7.67. The van der Waals surface area contributed by atoms with Crippen molar-refractivity contribution in [3.8, 4) is 0 Å². The lowest BCUT2D eigenvalue weighted by Crippen LogP contribution is -2.55. The van der Waals surface area contributed by atoms with Crippen molar-refractivity contribution >= 4 is 5.91 Å². The molecule has 0 aliphatic carbocycles. The van der Waals surface area contributed by atoms with Crippen LogP contribution in [-0.2, 0) is 9.53 Å². The maximum atomic E-state index is 12.0. The first kappa shape index (κ1) is 13.5. The lowest BCUT2D eigenvalue weighted by Gasteiger charge is -2.34. The topological polar surface area (TPSA) is 64.3 Å². The van der Waals surface area contributed by atoms with E-state index in [2.05, 4.69) is 19.2 Å². The quantitative estimate of drug-likeness (QED) is 0.739. The van der Waals surface area contributed by atoms with Crippen LogP contribution < -0.4 is 11.1 Å². The average Bonchev–Trinajstić information content (AvgIpc) is 2.37. The van der Waals surface area contributed by atoms with Gasteiger partial charge in [0, 0.05) is 13.2 Å². The van der Waals surface area contributed by atoms with Crippen molar-refractivity contribution in [3.63, 3.8) is 0 Å². The van der Waals surface area contributed by atoms with E-state index >= 15 is 0 Å². The molecule has 0 aromatic rings. The van der Waals surface area contributed by atoms with Crippen LogP contribution in [0.2, 0.25) is 0 Å². The molecule has 0 spiro atoms. The van der Waals surface area contributed by atoms with Gasteiger partial charge in [-0.1, -0.05) is 13.8 Å². The average molecular weight is 228 g/mol. The molecule has 1 aliphatic rings. The Kier molecular flexibility index (Phi) is 5.22. The van der Waals surface area contributed by atoms with Crippen LogP contribution >= 0.6 is 0 Å². The summed E-state index contributed by atoms with van der Waals surface area (Å²) in [6, 6.07) is 0. The molecule has 3 N–H and O–H groups in total. The molecule has 16 heavy (non-hydrogen) atoms. The molecule has 4 nitrogen and oxygen atoms in total. The maximum Gasteiger partial charge on any atom is 0.225 e. The molecule has 0 bridgehead atoms. The second-order valence-electron chi connectivity index (χ2n) is 4.59. The minimum atomic E-state index is -0.228. The van der Waals surface area contributed by atoms with Crippen LogP contribution in [0.5, 0.6) is 0 Å². The summed E-state index contributed by atoms with van der Waals surface area (Å²) in [5.74, 6) is 0.117. The number of hydrogen-bond donors (Lipinski definition) is 2. The fourth-order valence-corrected chi connectivity index (χ4v) is 2.08. The highest BCUT2D eigenvalue weighted by atomic mass is 16.5. The molecule has 1 unspecified atom stereocenters. The summed E-state index contributed by atoms with van der Waals surface area (Å²) in [4.78, 5) is 12.0. The summed E-state index contributed by atoms with van der Waals surface area (Å²) in [5.41, 5.74) is 5.53. The standard InChI is InChI=1S/C12H24N2O2/c1-3-12(4-2,9-13)14-11(15)10-6-5-7-16-8-10/h10H,3-9,13H2,1-2H3,(H,14,15). The molecule has 1 heterocycles. The van der Waals surface area contributed by atoms with Gasteiger partial charge in [-0.15, -0.1) is 0 Å². The van der Waals surface area contributed by atoms with Gasteiger partial charge in [0.15, 0.2) is 0 Å². The van der Waals surface area contributed by atoms with Crippen molar-refractivity contribution < 1.29 is 9.53 Å². The molecule has 94 valence electrons. The van der Waals surface area contributed by atoms with Crippen molar-refractivity contribution in [2.75, 3.05) is 19.8 Å². The number of carbonyl (C=O) groups excluding carboxylic acids is 1. The summed E-state index contributed by atoms with van der Waals surface area (Å²) >= 11 is 0. The molecule has 1 amide bonds. The number of ether oxygens (including phenoxy) is 1. The molecular formula is C12H24N2O2. The highest BCUT2D eigenvalue weighted by Gasteiger charge is 2.30. The van der Waals surface area contributed by atoms with Gasteiger partial charge in [0.25, 0.3) is 0 Å². The predicted molar refractivity (Wildman–Crippen MR) is 64.1 cm³/mol. The Morgan fingerprint density at radius 2 is 2.19 bits per heavy atom. The molecule has 1 aliphatic heterocycles. The Hall–Kier alpha value is -0.610. The van der Waals surface area contributed by atoms with E-state index in [-0.39, 0.29) is 17.4 Å². The molecule has 0 aromatic heterocycles. The monoisotopic (exact) mass is 228 g/mol. The number of nitrogens with two attached hydrogens (primary N) is 1. The first-order valence-corrected chi connectivity index (χ1v) is 6.27. The van der Waals surface area contributed by atoms with Gasteiger partial charge in [0.05, 0.1) is 18.1 Å². The largest absolute Gasteiger partial charge is 0.381 e. The fraction of sp³-hybridized carbons (Fsp3) is 0.917. The summed E-state index contributed by atoms with van der Waals surface area (Å²) in [7, 11) is 0. The number of nitrogens with one attached hydrogen (secondary N) is 1. The lowest BCUT2D eigenvalue weighted by molar-refractivity contribution is -0.131. The predicted octanol–water partition coefficient (Wildman–Crippen LogP) is 1.05. The Labute approximate surface area is 97.9 Å². The van der Waals surface area contributed by atoms with E-state index in [1.165, 1.54) is 0 Å². The van der Waals surface area contributed by atoms with Gasteiger partial charge in [-0.3, -0.25) is 4.79 Å². The zero-order valence-corrected chi connectivity index (χ0v) is 10.4. The van der Waals surface area contributed by atoms with E-state index < -0.39 is 0 Å².